The molecule has 0 atom stereocenters. The fourth-order valence-electron chi connectivity index (χ4n) is 3.31. The predicted octanol–water partition coefficient (Wildman–Crippen LogP) is 4.56. The smallest absolute Gasteiger partial charge is 0.340 e. The Balaban J connectivity index is 2.20. The largest absolute Gasteiger partial charge is 0.496 e. The summed E-state index contributed by atoms with van der Waals surface area (Å²) in [5, 5.41) is 0.688. The maximum absolute atomic E-state index is 13.3. The van der Waals surface area contributed by atoms with E-state index >= 15 is 0 Å². The van der Waals surface area contributed by atoms with E-state index in [0.717, 1.165) is 16.9 Å². The third-order valence-corrected chi connectivity index (χ3v) is 4.77. The minimum Gasteiger partial charge on any atom is -0.496 e. The average molecular weight is 365 g/mol. The average Bonchev–Trinajstić information content (AvgIpc) is 3.06. The van der Waals surface area contributed by atoms with Gasteiger partial charge in [0, 0.05) is 17.1 Å². The lowest BCUT2D eigenvalue weighted by molar-refractivity contribution is 0.0603. The lowest BCUT2D eigenvalue weighted by Crippen LogP contribution is -2.14. The highest BCUT2D eigenvalue weighted by Crippen LogP contribution is 2.31. The number of para-hydroxylation sites is 1. The predicted molar refractivity (Wildman–Crippen MR) is 105 cm³/mol. The zero-order valence-electron chi connectivity index (χ0n) is 16.2. The molecule has 0 aliphatic carbocycles. The molecule has 3 rings (SSSR count). The van der Waals surface area contributed by atoms with E-state index < -0.39 is 5.97 Å². The van der Waals surface area contributed by atoms with Gasteiger partial charge in [-0.25, -0.2) is 4.79 Å². The molecule has 1 aromatic heterocycles. The fourth-order valence-corrected chi connectivity index (χ4v) is 3.31. The Morgan fingerprint density at radius 1 is 1.04 bits per heavy atom. The summed E-state index contributed by atoms with van der Waals surface area (Å²) in [4.78, 5) is 25.5. The Hall–Kier alpha value is -3.08. The number of ether oxygens (including phenoxy) is 2. The van der Waals surface area contributed by atoms with Crippen LogP contribution in [0, 0.1) is 6.92 Å². The lowest BCUT2D eigenvalue weighted by atomic mass is 9.96. The third-order valence-electron chi connectivity index (χ3n) is 4.77. The van der Waals surface area contributed by atoms with E-state index in [0.29, 0.717) is 22.0 Å². The molecular formula is C22H23NO4. The molecule has 0 spiro atoms. The number of rotatable bonds is 4. The summed E-state index contributed by atoms with van der Waals surface area (Å²) in [5.41, 5.74) is 3.41. The molecule has 0 aliphatic rings. The molecule has 0 saturated heterocycles. The zero-order chi connectivity index (χ0) is 19.7. The molecule has 140 valence electrons. The summed E-state index contributed by atoms with van der Waals surface area (Å²) >= 11 is 0. The van der Waals surface area contributed by atoms with E-state index in [4.69, 9.17) is 9.47 Å². The van der Waals surface area contributed by atoms with Crippen LogP contribution in [0.5, 0.6) is 5.75 Å². The highest BCUT2D eigenvalue weighted by Gasteiger charge is 2.22. The summed E-state index contributed by atoms with van der Waals surface area (Å²) in [6.07, 6.45) is 1.55. The van der Waals surface area contributed by atoms with Crippen LogP contribution in [0.15, 0.2) is 42.6 Å². The number of aryl methyl sites for hydroxylation is 1. The first-order chi connectivity index (χ1) is 12.9. The van der Waals surface area contributed by atoms with Crippen LogP contribution in [-0.4, -0.2) is 30.7 Å². The van der Waals surface area contributed by atoms with Crippen molar-refractivity contribution in [2.45, 2.75) is 26.7 Å². The van der Waals surface area contributed by atoms with Crippen molar-refractivity contribution in [2.75, 3.05) is 14.2 Å². The molecule has 0 radical (unpaired) electrons. The van der Waals surface area contributed by atoms with Gasteiger partial charge in [0.2, 0.25) is 0 Å². The number of methoxy groups -OCH3 is 2. The quantitative estimate of drug-likeness (QED) is 0.636. The molecule has 5 nitrogen and oxygen atoms in total. The zero-order valence-corrected chi connectivity index (χ0v) is 16.2. The van der Waals surface area contributed by atoms with Crippen LogP contribution in [0.25, 0.3) is 10.9 Å². The molecule has 0 fully saturated rings. The Morgan fingerprint density at radius 2 is 1.74 bits per heavy atom. The van der Waals surface area contributed by atoms with Crippen molar-refractivity contribution in [3.63, 3.8) is 0 Å². The van der Waals surface area contributed by atoms with E-state index in [1.165, 1.54) is 11.7 Å². The summed E-state index contributed by atoms with van der Waals surface area (Å²) in [6, 6.07) is 11.1. The standard InChI is InChI=1S/C22H23NO4/c1-13(2)16-11-17(14(3)10-20(16)26-4)21(24)23-12-18(22(25)27-5)15-8-6-7-9-19(15)23/h6-13H,1-5H3. The van der Waals surface area contributed by atoms with Gasteiger partial charge in [-0.15, -0.1) is 0 Å². The van der Waals surface area contributed by atoms with Gasteiger partial charge in [0.05, 0.1) is 25.3 Å². The van der Waals surface area contributed by atoms with E-state index in [2.05, 4.69) is 13.8 Å². The number of hydrogen-bond donors (Lipinski definition) is 0. The van der Waals surface area contributed by atoms with Gasteiger partial charge in [0.25, 0.3) is 5.91 Å². The molecule has 0 bridgehead atoms. The third kappa shape index (κ3) is 3.21. The molecule has 27 heavy (non-hydrogen) atoms. The molecule has 2 aromatic carbocycles. The first-order valence-electron chi connectivity index (χ1n) is 8.80. The Kier molecular flexibility index (Phi) is 5.04. The van der Waals surface area contributed by atoms with Gasteiger partial charge < -0.3 is 9.47 Å². The van der Waals surface area contributed by atoms with E-state index in [1.54, 1.807) is 13.3 Å². The molecule has 0 aliphatic heterocycles. The molecule has 3 aromatic rings. The minimum absolute atomic E-state index is 0.191. The number of nitrogens with zero attached hydrogens (tertiary/aromatic N) is 1. The molecular weight excluding hydrogens is 342 g/mol. The maximum atomic E-state index is 13.3. The van der Waals surface area contributed by atoms with Crippen molar-refractivity contribution in [1.82, 2.24) is 4.57 Å². The SMILES string of the molecule is COC(=O)c1cn(C(=O)c2cc(C(C)C)c(OC)cc2C)c2ccccc12. The summed E-state index contributed by atoms with van der Waals surface area (Å²) in [7, 11) is 2.96. The van der Waals surface area contributed by atoms with E-state index in [-0.39, 0.29) is 11.8 Å². The Bertz CT molecular complexity index is 1030. The van der Waals surface area contributed by atoms with Crippen LogP contribution in [0.2, 0.25) is 0 Å². The van der Waals surface area contributed by atoms with Crippen molar-refractivity contribution in [3.8, 4) is 5.75 Å². The summed E-state index contributed by atoms with van der Waals surface area (Å²) in [6.45, 7) is 6.00. The van der Waals surface area contributed by atoms with Crippen molar-refractivity contribution in [1.29, 1.82) is 0 Å². The normalized spacial score (nSPS) is 11.0. The lowest BCUT2D eigenvalue weighted by Gasteiger charge is -2.16. The topological polar surface area (TPSA) is 57.5 Å². The van der Waals surface area contributed by atoms with Crippen LogP contribution < -0.4 is 4.74 Å². The van der Waals surface area contributed by atoms with Gasteiger partial charge in [-0.1, -0.05) is 32.0 Å². The van der Waals surface area contributed by atoms with Gasteiger partial charge in [0.1, 0.15) is 5.75 Å². The fraction of sp³-hybridized carbons (Fsp3) is 0.273. The van der Waals surface area contributed by atoms with E-state index in [9.17, 15) is 9.59 Å². The number of benzene rings is 2. The molecule has 1 heterocycles. The van der Waals surface area contributed by atoms with Gasteiger partial charge in [0.15, 0.2) is 0 Å². The van der Waals surface area contributed by atoms with Crippen LogP contribution >= 0.6 is 0 Å². The maximum Gasteiger partial charge on any atom is 0.340 e. The number of hydrogen-bond acceptors (Lipinski definition) is 4. The first-order valence-corrected chi connectivity index (χ1v) is 8.80. The molecule has 0 amide bonds. The molecule has 0 unspecified atom stereocenters. The monoisotopic (exact) mass is 365 g/mol. The van der Waals surface area contributed by atoms with Crippen LogP contribution in [-0.2, 0) is 4.74 Å². The molecule has 5 heteroatoms. The summed E-state index contributed by atoms with van der Waals surface area (Å²) in [5.74, 6) is 0.321. The van der Waals surface area contributed by atoms with Crippen molar-refractivity contribution in [3.05, 3.63) is 64.8 Å². The number of fused-ring (bicyclic) bond motifs is 1. The van der Waals surface area contributed by atoms with Crippen LogP contribution in [0.1, 0.15) is 51.6 Å². The highest BCUT2D eigenvalue weighted by atomic mass is 16.5. The number of esters is 1. The molecule has 0 saturated carbocycles. The minimum atomic E-state index is -0.466. The van der Waals surface area contributed by atoms with E-state index in [1.807, 2.05) is 43.3 Å². The van der Waals surface area contributed by atoms with Crippen LogP contribution in [0.3, 0.4) is 0 Å². The first kappa shape index (κ1) is 18.7. The van der Waals surface area contributed by atoms with Gasteiger partial charge in [-0.05, 0) is 42.2 Å². The Morgan fingerprint density at radius 3 is 2.37 bits per heavy atom. The number of aromatic nitrogens is 1. The Labute approximate surface area is 158 Å². The van der Waals surface area contributed by atoms with Crippen LogP contribution in [0.4, 0.5) is 0 Å². The van der Waals surface area contributed by atoms with Gasteiger partial charge >= 0.3 is 5.97 Å². The second kappa shape index (κ2) is 7.27. The van der Waals surface area contributed by atoms with Gasteiger partial charge in [-0.3, -0.25) is 9.36 Å². The number of carbonyl (C=O) groups is 2. The van der Waals surface area contributed by atoms with Crippen molar-refractivity contribution < 1.29 is 19.1 Å². The highest BCUT2D eigenvalue weighted by molar-refractivity contribution is 6.10. The second-order valence-corrected chi connectivity index (χ2v) is 6.79. The summed E-state index contributed by atoms with van der Waals surface area (Å²) < 4.78 is 11.9. The van der Waals surface area contributed by atoms with Crippen molar-refractivity contribution in [2.24, 2.45) is 0 Å². The second-order valence-electron chi connectivity index (χ2n) is 6.79. The number of carbonyl (C=O) groups excluding carboxylic acids is 2. The molecule has 0 N–H and O–H groups in total. The van der Waals surface area contributed by atoms with Crippen molar-refractivity contribution >= 4 is 22.8 Å². The van der Waals surface area contributed by atoms with Gasteiger partial charge in [-0.2, -0.15) is 0 Å².